The molecule has 0 bridgehead atoms. The molecule has 0 fully saturated rings. The third kappa shape index (κ3) is 12.0. The molecule has 9 nitrogen and oxygen atoms in total. The van der Waals surface area contributed by atoms with E-state index in [4.69, 9.17) is 37.0 Å². The Morgan fingerprint density at radius 3 is 1.59 bits per heavy atom. The molecular weight excluding hydrogens is 354 g/mol. The summed E-state index contributed by atoms with van der Waals surface area (Å²) >= 11 is 0. The maximum atomic E-state index is 12.2. The molecule has 0 aliphatic heterocycles. The molecule has 136 valence electrons. The number of hydrogen-bond donors (Lipinski definition) is 3. The van der Waals surface area contributed by atoms with E-state index in [0.717, 1.165) is 0 Å². The molecule has 0 aromatic carbocycles. The van der Waals surface area contributed by atoms with Gasteiger partial charge in [-0.15, -0.1) is 0 Å². The van der Waals surface area contributed by atoms with Gasteiger partial charge in [0.25, 0.3) is 0 Å². The van der Waals surface area contributed by atoms with Gasteiger partial charge in [0, 0.05) is 27.4 Å². The van der Waals surface area contributed by atoms with E-state index in [2.05, 4.69) is 0 Å². The van der Waals surface area contributed by atoms with E-state index >= 15 is 0 Å². The van der Waals surface area contributed by atoms with E-state index < -0.39 is 25.0 Å². The molecule has 0 unspecified atom stereocenters. The van der Waals surface area contributed by atoms with Crippen molar-refractivity contribution in [2.24, 2.45) is 0 Å². The van der Waals surface area contributed by atoms with Gasteiger partial charge in [0.15, 0.2) is 0 Å². The fourth-order valence-corrected chi connectivity index (χ4v) is 5.29. The minimum absolute atomic E-state index is 0.347. The van der Waals surface area contributed by atoms with Crippen molar-refractivity contribution in [1.82, 2.24) is 0 Å². The van der Waals surface area contributed by atoms with Gasteiger partial charge in [-0.25, -0.2) is 0 Å². The fraction of sp³-hybridized carbons (Fsp3) is 1.00. The summed E-state index contributed by atoms with van der Waals surface area (Å²) in [6, 6.07) is 0.584. The SMILES string of the molecule is CCOP(=O)(CCC[Si](OC)(OC)OC)OCC.OP(O)O. The topological polar surface area (TPSA) is 124 Å². The lowest BCUT2D eigenvalue weighted by molar-refractivity contribution is 0.123. The zero-order valence-electron chi connectivity index (χ0n) is 13.7. The normalized spacial score (nSPS) is 12.2. The lowest BCUT2D eigenvalue weighted by Gasteiger charge is -2.25. The lowest BCUT2D eigenvalue weighted by atomic mass is 10.6. The highest BCUT2D eigenvalue weighted by Gasteiger charge is 2.38. The number of hydrogen-bond acceptors (Lipinski definition) is 9. The van der Waals surface area contributed by atoms with Gasteiger partial charge < -0.3 is 37.0 Å². The predicted octanol–water partition coefficient (Wildman–Crippen LogP) is 1.71. The predicted molar refractivity (Wildman–Crippen MR) is 85.5 cm³/mol. The molecule has 0 aliphatic carbocycles. The lowest BCUT2D eigenvalue weighted by Crippen LogP contribution is -2.42. The summed E-state index contributed by atoms with van der Waals surface area (Å²) in [4.78, 5) is 21.7. The van der Waals surface area contributed by atoms with Gasteiger partial charge in [0.05, 0.1) is 19.4 Å². The molecule has 0 aromatic heterocycles. The number of rotatable bonds is 11. The Kier molecular flexibility index (Phi) is 15.7. The highest BCUT2D eigenvalue weighted by atomic mass is 31.2. The molecule has 0 amide bonds. The smallest absolute Gasteiger partial charge is 0.377 e. The summed E-state index contributed by atoms with van der Waals surface area (Å²) in [6.45, 7) is 4.34. The second-order valence-electron chi connectivity index (χ2n) is 3.84. The van der Waals surface area contributed by atoms with Crippen molar-refractivity contribution in [1.29, 1.82) is 0 Å². The molecule has 0 saturated heterocycles. The van der Waals surface area contributed by atoms with Crippen LogP contribution >= 0.6 is 16.2 Å². The van der Waals surface area contributed by atoms with Gasteiger partial charge in [0.1, 0.15) is 0 Å². The quantitative estimate of drug-likeness (QED) is 0.362. The van der Waals surface area contributed by atoms with E-state index in [0.29, 0.717) is 31.8 Å². The van der Waals surface area contributed by atoms with Crippen molar-refractivity contribution in [2.75, 3.05) is 40.7 Å². The minimum atomic E-state index is -2.98. The zero-order valence-corrected chi connectivity index (χ0v) is 16.5. The summed E-state index contributed by atoms with van der Waals surface area (Å²) < 4.78 is 38.5. The van der Waals surface area contributed by atoms with Crippen LogP contribution in [0.5, 0.6) is 0 Å². The minimum Gasteiger partial charge on any atom is -0.377 e. The van der Waals surface area contributed by atoms with Gasteiger partial charge in [-0.05, 0) is 20.3 Å². The summed E-state index contributed by atoms with van der Waals surface area (Å²) in [5, 5.41) is 0. The largest absolute Gasteiger partial charge is 0.500 e. The van der Waals surface area contributed by atoms with Crippen LogP contribution in [0.2, 0.25) is 6.04 Å². The van der Waals surface area contributed by atoms with Gasteiger partial charge in [-0.2, -0.15) is 0 Å². The average Bonchev–Trinajstić information content (AvgIpc) is 2.44. The summed E-state index contributed by atoms with van der Waals surface area (Å²) in [5.41, 5.74) is 0. The Labute approximate surface area is 134 Å². The van der Waals surface area contributed by atoms with Gasteiger partial charge in [-0.3, -0.25) is 4.57 Å². The highest BCUT2D eigenvalue weighted by Crippen LogP contribution is 2.49. The zero-order chi connectivity index (χ0) is 17.6. The Morgan fingerprint density at radius 1 is 0.955 bits per heavy atom. The van der Waals surface area contributed by atoms with E-state index in [1.54, 1.807) is 35.2 Å². The second kappa shape index (κ2) is 13.9. The van der Waals surface area contributed by atoms with Crippen LogP contribution in [0.15, 0.2) is 0 Å². The first-order valence-corrected chi connectivity index (χ1v) is 11.5. The monoisotopic (exact) mass is 382 g/mol. The van der Waals surface area contributed by atoms with E-state index in [1.165, 1.54) is 0 Å². The molecule has 22 heavy (non-hydrogen) atoms. The Hall–Kier alpha value is 0.557. The first-order valence-electron chi connectivity index (χ1n) is 6.65. The first kappa shape index (κ1) is 24.8. The Balaban J connectivity index is 0. The third-order valence-electron chi connectivity index (χ3n) is 2.50. The molecule has 0 spiro atoms. The molecule has 0 aromatic rings. The summed E-state index contributed by atoms with van der Waals surface area (Å²) in [5.74, 6) is 0. The van der Waals surface area contributed by atoms with Crippen LogP contribution in [0.3, 0.4) is 0 Å². The molecule has 0 atom stereocenters. The van der Waals surface area contributed by atoms with Crippen molar-refractivity contribution >= 4 is 25.0 Å². The summed E-state index contributed by atoms with van der Waals surface area (Å²) in [7, 11) is -3.52. The Bertz CT molecular complexity index is 281. The molecule has 3 N–H and O–H groups in total. The van der Waals surface area contributed by atoms with Crippen molar-refractivity contribution in [2.45, 2.75) is 26.3 Å². The summed E-state index contributed by atoms with van der Waals surface area (Å²) in [6.07, 6.45) is 0.957. The molecular formula is C10H28O9P2Si. The molecule has 0 saturated carbocycles. The molecule has 0 radical (unpaired) electrons. The van der Waals surface area contributed by atoms with Crippen LogP contribution < -0.4 is 0 Å². The molecule has 0 heterocycles. The van der Waals surface area contributed by atoms with Gasteiger partial charge in [0.2, 0.25) is 0 Å². The maximum absolute atomic E-state index is 12.2. The van der Waals surface area contributed by atoms with Crippen molar-refractivity contribution in [3.8, 4) is 0 Å². The van der Waals surface area contributed by atoms with Crippen molar-refractivity contribution in [3.05, 3.63) is 0 Å². The first-order chi connectivity index (χ1) is 10.2. The van der Waals surface area contributed by atoms with E-state index in [9.17, 15) is 4.57 Å². The second-order valence-corrected chi connectivity index (χ2v) is 9.65. The van der Waals surface area contributed by atoms with Crippen LogP contribution in [-0.4, -0.2) is 64.2 Å². The van der Waals surface area contributed by atoms with Gasteiger partial charge >= 0.3 is 25.0 Å². The van der Waals surface area contributed by atoms with Crippen molar-refractivity contribution < 1.29 is 41.6 Å². The van der Waals surface area contributed by atoms with Crippen LogP contribution in [0.25, 0.3) is 0 Å². The molecule has 0 aliphatic rings. The van der Waals surface area contributed by atoms with Crippen LogP contribution in [0.1, 0.15) is 20.3 Å². The average molecular weight is 382 g/mol. The van der Waals surface area contributed by atoms with Crippen LogP contribution in [-0.2, 0) is 26.9 Å². The van der Waals surface area contributed by atoms with E-state index in [-0.39, 0.29) is 0 Å². The van der Waals surface area contributed by atoms with Gasteiger partial charge in [-0.1, -0.05) is 0 Å². The van der Waals surface area contributed by atoms with E-state index in [1.807, 2.05) is 0 Å². The van der Waals surface area contributed by atoms with Crippen LogP contribution in [0, 0.1) is 0 Å². The highest BCUT2D eigenvalue weighted by molar-refractivity contribution is 7.53. The standard InChI is InChI=1S/C10H25O6PSi.H3O3P/c1-6-15-17(11,16-7-2)9-8-10-18(12-3,13-4)14-5;1-4(2)3/h6-10H2,1-5H3;1-3H. The third-order valence-corrected chi connectivity index (χ3v) is 7.50. The maximum Gasteiger partial charge on any atom is 0.500 e. The fourth-order valence-electron chi connectivity index (χ4n) is 1.61. The Morgan fingerprint density at radius 2 is 1.32 bits per heavy atom. The van der Waals surface area contributed by atoms with Crippen LogP contribution in [0.4, 0.5) is 0 Å². The molecule has 12 heteroatoms. The van der Waals surface area contributed by atoms with Crippen molar-refractivity contribution in [3.63, 3.8) is 0 Å². The molecule has 0 rings (SSSR count).